The molecule has 5 nitrogen and oxygen atoms in total. The topological polar surface area (TPSA) is 70.7 Å². The van der Waals surface area contributed by atoms with E-state index in [0.29, 0.717) is 18.0 Å². The first kappa shape index (κ1) is 16.5. The Morgan fingerprint density at radius 2 is 2.04 bits per heavy atom. The highest BCUT2D eigenvalue weighted by atomic mass is 32.1. The van der Waals surface area contributed by atoms with Crippen LogP contribution >= 0.6 is 11.3 Å². The summed E-state index contributed by atoms with van der Waals surface area (Å²) in [4.78, 5) is 25.4. The van der Waals surface area contributed by atoms with E-state index in [-0.39, 0.29) is 5.91 Å². The number of aromatic amines is 1. The molecule has 26 heavy (non-hydrogen) atoms. The maximum atomic E-state index is 12.3. The number of rotatable bonds is 5. The van der Waals surface area contributed by atoms with Crippen molar-refractivity contribution < 1.29 is 4.79 Å². The second-order valence-corrected chi connectivity index (χ2v) is 7.06. The number of thiazole rings is 1. The van der Waals surface area contributed by atoms with Crippen molar-refractivity contribution in [2.45, 2.75) is 19.8 Å². The van der Waals surface area contributed by atoms with Gasteiger partial charge in [0.25, 0.3) is 0 Å². The third-order valence-corrected chi connectivity index (χ3v) is 5.33. The molecule has 4 aromatic rings. The number of aromatic nitrogens is 3. The van der Waals surface area contributed by atoms with Crippen molar-refractivity contribution in [3.63, 3.8) is 0 Å². The van der Waals surface area contributed by atoms with Gasteiger partial charge in [0.15, 0.2) is 5.13 Å². The fourth-order valence-corrected chi connectivity index (χ4v) is 3.91. The second kappa shape index (κ2) is 7.09. The van der Waals surface area contributed by atoms with Crippen LogP contribution in [0.2, 0.25) is 0 Å². The van der Waals surface area contributed by atoms with E-state index in [1.165, 1.54) is 16.7 Å². The summed E-state index contributed by atoms with van der Waals surface area (Å²) in [6.45, 7) is 1.93. The summed E-state index contributed by atoms with van der Waals surface area (Å²) in [5.74, 6) is -0.0309. The molecule has 0 atom stereocenters. The summed E-state index contributed by atoms with van der Waals surface area (Å²) in [6, 6.07) is 13.9. The molecule has 0 bridgehead atoms. The van der Waals surface area contributed by atoms with E-state index in [2.05, 4.69) is 26.3 Å². The summed E-state index contributed by atoms with van der Waals surface area (Å²) in [5, 5.41) is 4.70. The molecule has 3 aromatic heterocycles. The van der Waals surface area contributed by atoms with Crippen molar-refractivity contribution in [3.05, 3.63) is 66.1 Å². The average molecular weight is 362 g/mol. The van der Waals surface area contributed by atoms with Gasteiger partial charge in [-0.25, -0.2) is 4.98 Å². The SMILES string of the molecule is Cc1nc(NC(=O)CCc2c[nH]c3ccccc23)sc1-c1ccccn1. The zero-order valence-corrected chi connectivity index (χ0v) is 15.1. The van der Waals surface area contributed by atoms with Crippen molar-refractivity contribution >= 4 is 33.3 Å². The molecule has 0 aliphatic rings. The van der Waals surface area contributed by atoms with E-state index in [1.54, 1.807) is 6.20 Å². The number of aryl methyl sites for hydroxylation is 2. The first-order valence-corrected chi connectivity index (χ1v) is 9.26. The van der Waals surface area contributed by atoms with E-state index < -0.39 is 0 Å². The lowest BCUT2D eigenvalue weighted by Gasteiger charge is -2.01. The minimum absolute atomic E-state index is 0.0309. The highest BCUT2D eigenvalue weighted by Gasteiger charge is 2.13. The molecule has 0 saturated carbocycles. The minimum atomic E-state index is -0.0309. The van der Waals surface area contributed by atoms with Gasteiger partial charge in [0.05, 0.1) is 16.3 Å². The molecule has 0 saturated heterocycles. The number of nitrogens with zero attached hydrogens (tertiary/aromatic N) is 2. The van der Waals surface area contributed by atoms with Crippen LogP contribution in [0.3, 0.4) is 0 Å². The standard InChI is InChI=1S/C20H18N4OS/c1-13-19(17-8-4-5-11-21-17)26-20(23-13)24-18(25)10-9-14-12-22-16-7-3-2-6-15(14)16/h2-8,11-12,22H,9-10H2,1H3,(H,23,24,25). The zero-order chi connectivity index (χ0) is 17.9. The van der Waals surface area contributed by atoms with Gasteiger partial charge in [-0.1, -0.05) is 35.6 Å². The van der Waals surface area contributed by atoms with Gasteiger partial charge in [0.1, 0.15) is 0 Å². The van der Waals surface area contributed by atoms with Crippen LogP contribution in [0.5, 0.6) is 0 Å². The third-order valence-electron chi connectivity index (χ3n) is 4.24. The number of anilines is 1. The van der Waals surface area contributed by atoms with Gasteiger partial charge in [-0.05, 0) is 37.1 Å². The first-order chi connectivity index (χ1) is 12.7. The van der Waals surface area contributed by atoms with Gasteiger partial charge in [0, 0.05) is 29.7 Å². The Morgan fingerprint density at radius 1 is 1.19 bits per heavy atom. The maximum Gasteiger partial charge on any atom is 0.226 e. The Bertz CT molecular complexity index is 1050. The summed E-state index contributed by atoms with van der Waals surface area (Å²) in [7, 11) is 0. The van der Waals surface area contributed by atoms with Gasteiger partial charge >= 0.3 is 0 Å². The monoisotopic (exact) mass is 362 g/mol. The predicted molar refractivity (Wildman–Crippen MR) is 105 cm³/mol. The molecule has 2 N–H and O–H groups in total. The Hall–Kier alpha value is -2.99. The molecule has 0 radical (unpaired) electrons. The second-order valence-electron chi connectivity index (χ2n) is 6.06. The predicted octanol–water partition coefficient (Wildman–Crippen LogP) is 4.57. The molecule has 0 aliphatic carbocycles. The van der Waals surface area contributed by atoms with Crippen molar-refractivity contribution in [2.24, 2.45) is 0 Å². The zero-order valence-electron chi connectivity index (χ0n) is 14.3. The van der Waals surface area contributed by atoms with Gasteiger partial charge in [-0.3, -0.25) is 9.78 Å². The van der Waals surface area contributed by atoms with Crippen molar-refractivity contribution in [3.8, 4) is 10.6 Å². The van der Waals surface area contributed by atoms with Gasteiger partial charge in [0.2, 0.25) is 5.91 Å². The summed E-state index contributed by atoms with van der Waals surface area (Å²) < 4.78 is 0. The van der Waals surface area contributed by atoms with Crippen molar-refractivity contribution in [1.29, 1.82) is 0 Å². The van der Waals surface area contributed by atoms with Crippen molar-refractivity contribution in [1.82, 2.24) is 15.0 Å². The molecule has 1 amide bonds. The number of nitrogens with one attached hydrogen (secondary N) is 2. The number of benzene rings is 1. The van der Waals surface area contributed by atoms with Crippen LogP contribution in [0.4, 0.5) is 5.13 Å². The summed E-state index contributed by atoms with van der Waals surface area (Å²) in [5.41, 5.74) is 4.00. The Morgan fingerprint density at radius 3 is 2.88 bits per heavy atom. The van der Waals surface area contributed by atoms with E-state index in [1.807, 2.05) is 49.5 Å². The minimum Gasteiger partial charge on any atom is -0.361 e. The molecule has 4 rings (SSSR count). The van der Waals surface area contributed by atoms with Gasteiger partial charge < -0.3 is 10.3 Å². The number of para-hydroxylation sites is 1. The largest absolute Gasteiger partial charge is 0.361 e. The van der Waals surface area contributed by atoms with E-state index in [9.17, 15) is 4.79 Å². The Balaban J connectivity index is 1.42. The number of carbonyl (C=O) groups excluding carboxylic acids is 1. The van der Waals surface area contributed by atoms with Gasteiger partial charge in [-0.2, -0.15) is 0 Å². The van der Waals surface area contributed by atoms with Crippen LogP contribution in [0.25, 0.3) is 21.5 Å². The van der Waals surface area contributed by atoms with E-state index in [4.69, 9.17) is 0 Å². The molecule has 0 unspecified atom stereocenters. The van der Waals surface area contributed by atoms with Crippen LogP contribution in [0.1, 0.15) is 17.7 Å². The highest BCUT2D eigenvalue weighted by Crippen LogP contribution is 2.31. The lowest BCUT2D eigenvalue weighted by atomic mass is 10.1. The molecule has 0 aliphatic heterocycles. The smallest absolute Gasteiger partial charge is 0.226 e. The summed E-state index contributed by atoms with van der Waals surface area (Å²) in [6.07, 6.45) is 4.84. The Labute approximate surface area is 155 Å². The molecule has 0 fully saturated rings. The number of carbonyl (C=O) groups is 1. The average Bonchev–Trinajstić information content (AvgIpc) is 3.24. The highest BCUT2D eigenvalue weighted by molar-refractivity contribution is 7.19. The number of amides is 1. The van der Waals surface area contributed by atoms with E-state index >= 15 is 0 Å². The normalized spacial score (nSPS) is 11.0. The van der Waals surface area contributed by atoms with Crippen LogP contribution in [0, 0.1) is 6.92 Å². The fourth-order valence-electron chi connectivity index (χ4n) is 2.95. The third kappa shape index (κ3) is 3.36. The molecular weight excluding hydrogens is 344 g/mol. The van der Waals surface area contributed by atoms with Gasteiger partial charge in [-0.15, -0.1) is 0 Å². The fraction of sp³-hybridized carbons (Fsp3) is 0.150. The quantitative estimate of drug-likeness (QED) is 0.546. The van der Waals surface area contributed by atoms with Crippen LogP contribution < -0.4 is 5.32 Å². The first-order valence-electron chi connectivity index (χ1n) is 8.44. The number of H-pyrrole nitrogens is 1. The molecule has 1 aromatic carbocycles. The molecular formula is C20H18N4OS. The molecule has 130 valence electrons. The van der Waals surface area contributed by atoms with Crippen LogP contribution in [-0.4, -0.2) is 20.9 Å². The Kier molecular flexibility index (Phi) is 4.50. The maximum absolute atomic E-state index is 12.3. The number of hydrogen-bond donors (Lipinski definition) is 2. The van der Waals surface area contributed by atoms with Crippen molar-refractivity contribution in [2.75, 3.05) is 5.32 Å². The lowest BCUT2D eigenvalue weighted by Crippen LogP contribution is -2.12. The molecule has 6 heteroatoms. The van der Waals surface area contributed by atoms with Crippen LogP contribution in [-0.2, 0) is 11.2 Å². The molecule has 3 heterocycles. The van der Waals surface area contributed by atoms with E-state index in [0.717, 1.165) is 27.3 Å². The summed E-state index contributed by atoms with van der Waals surface area (Å²) >= 11 is 1.46. The number of hydrogen-bond acceptors (Lipinski definition) is 4. The molecule has 0 spiro atoms. The van der Waals surface area contributed by atoms with Crippen LogP contribution in [0.15, 0.2) is 54.9 Å². The number of fused-ring (bicyclic) bond motifs is 1. The number of pyridine rings is 1. The lowest BCUT2D eigenvalue weighted by molar-refractivity contribution is -0.116.